The van der Waals surface area contributed by atoms with E-state index in [4.69, 9.17) is 11.5 Å². The number of piperazine rings is 1. The molecule has 0 aliphatic carbocycles. The van der Waals surface area contributed by atoms with Gasteiger partial charge in [-0.1, -0.05) is 12.1 Å². The van der Waals surface area contributed by atoms with Gasteiger partial charge in [0.05, 0.1) is 12.3 Å². The first-order chi connectivity index (χ1) is 17.7. The summed E-state index contributed by atoms with van der Waals surface area (Å²) in [6.45, 7) is 5.05. The van der Waals surface area contributed by atoms with E-state index in [9.17, 15) is 19.5 Å². The Hall–Kier alpha value is -3.32. The predicted molar refractivity (Wildman–Crippen MR) is 139 cm³/mol. The molecule has 12 nitrogen and oxygen atoms in total. The van der Waals surface area contributed by atoms with Gasteiger partial charge in [0.1, 0.15) is 11.4 Å². The fourth-order valence-corrected chi connectivity index (χ4v) is 4.53. The van der Waals surface area contributed by atoms with Crippen molar-refractivity contribution in [1.29, 1.82) is 0 Å². The maximum Gasteiger partial charge on any atom is 0.354 e. The zero-order valence-electron chi connectivity index (χ0n) is 21.2. The summed E-state index contributed by atoms with van der Waals surface area (Å²) in [7, 11) is 0. The average molecular weight is 513 g/mol. The second-order valence-electron chi connectivity index (χ2n) is 10.0. The molecule has 3 heterocycles. The number of urea groups is 1. The molecule has 0 radical (unpaired) electrons. The minimum atomic E-state index is -1.35. The molecule has 12 heteroatoms. The number of nitrogens with zero attached hydrogens (tertiary/aromatic N) is 5. The summed E-state index contributed by atoms with van der Waals surface area (Å²) < 4.78 is 1.43. The Bertz CT molecular complexity index is 1150. The van der Waals surface area contributed by atoms with Crippen LogP contribution in [0, 0.1) is 0 Å². The Labute approximate surface area is 215 Å². The van der Waals surface area contributed by atoms with Crippen molar-refractivity contribution in [2.45, 2.75) is 37.9 Å². The van der Waals surface area contributed by atoms with E-state index >= 15 is 0 Å². The fraction of sp³-hybridized carbons (Fsp3) is 0.520. The summed E-state index contributed by atoms with van der Waals surface area (Å²) in [5.74, 6) is -0.205. The van der Waals surface area contributed by atoms with Gasteiger partial charge in [-0.15, -0.1) is 0 Å². The predicted octanol–water partition coefficient (Wildman–Crippen LogP) is -0.459. The number of carbonyl (C=O) groups excluding carboxylic acids is 2. The number of likely N-dealkylation sites (tertiary alicyclic amines) is 1. The molecule has 2 aliphatic heterocycles. The number of nitrogens with one attached hydrogen (secondary N) is 1. The number of benzene rings is 1. The Morgan fingerprint density at radius 2 is 1.68 bits per heavy atom. The summed E-state index contributed by atoms with van der Waals surface area (Å²) >= 11 is 0. The number of hydrogen-bond acceptors (Lipinski definition) is 8. The molecule has 4 rings (SSSR count). The van der Waals surface area contributed by atoms with Crippen LogP contribution < -0.4 is 22.5 Å². The average Bonchev–Trinajstić information content (AvgIpc) is 2.90. The molecule has 3 amide bonds. The van der Waals surface area contributed by atoms with Crippen molar-refractivity contribution < 1.29 is 14.7 Å². The number of hydrogen-bond donors (Lipinski definition) is 4. The summed E-state index contributed by atoms with van der Waals surface area (Å²) in [5, 5.41) is 12.0. The quantitative estimate of drug-likeness (QED) is 0.404. The smallest absolute Gasteiger partial charge is 0.354 e. The van der Waals surface area contributed by atoms with Crippen LogP contribution in [0.2, 0.25) is 0 Å². The third-order valence-corrected chi connectivity index (χ3v) is 6.96. The summed E-state index contributed by atoms with van der Waals surface area (Å²) in [6.07, 6.45) is 3.60. The number of carbonyl (C=O) groups is 2. The highest BCUT2D eigenvalue weighted by molar-refractivity contribution is 5.89. The van der Waals surface area contributed by atoms with Gasteiger partial charge in [-0.25, -0.2) is 9.59 Å². The molecule has 0 saturated carbocycles. The Balaban J connectivity index is 1.31. The second kappa shape index (κ2) is 11.4. The third-order valence-electron chi connectivity index (χ3n) is 6.96. The molecule has 6 N–H and O–H groups in total. The molecule has 2 aromatic rings. The lowest BCUT2D eigenvalue weighted by molar-refractivity contribution is -0.139. The second-order valence-corrected chi connectivity index (χ2v) is 10.0. The third kappa shape index (κ3) is 6.52. The van der Waals surface area contributed by atoms with Gasteiger partial charge in [-0.3, -0.25) is 19.6 Å². The topological polar surface area (TPSA) is 163 Å². The van der Waals surface area contributed by atoms with E-state index in [1.165, 1.54) is 22.0 Å². The van der Waals surface area contributed by atoms with E-state index in [-0.39, 0.29) is 11.7 Å². The van der Waals surface area contributed by atoms with Crippen molar-refractivity contribution in [3.63, 3.8) is 0 Å². The maximum atomic E-state index is 12.7. The standard InChI is InChI=1S/C25H36N8O4/c1-25(27,17-34)22(35)31-12-14-32(15-13-31)23(36)28-21-8-11-33(24(37)29-21)20-4-2-18(3-5-20)16-30-9-6-19(26)7-10-30/h2-5,8,11,19,34H,6-7,9-10,12-17,26-27H2,1H3,(H,28,29,36,37). The molecule has 2 saturated heterocycles. The largest absolute Gasteiger partial charge is 0.394 e. The zero-order chi connectivity index (χ0) is 26.6. The van der Waals surface area contributed by atoms with Gasteiger partial charge >= 0.3 is 11.7 Å². The van der Waals surface area contributed by atoms with Crippen molar-refractivity contribution in [1.82, 2.24) is 24.3 Å². The molecule has 1 atom stereocenters. The maximum absolute atomic E-state index is 12.7. The van der Waals surface area contributed by atoms with Crippen LogP contribution in [0.15, 0.2) is 41.3 Å². The first kappa shape index (κ1) is 26.7. The van der Waals surface area contributed by atoms with Crippen LogP contribution in [-0.4, -0.2) is 98.8 Å². The highest BCUT2D eigenvalue weighted by Crippen LogP contribution is 2.15. The van der Waals surface area contributed by atoms with Crippen LogP contribution in [0.25, 0.3) is 5.69 Å². The van der Waals surface area contributed by atoms with Gasteiger partial charge in [0.15, 0.2) is 0 Å². The number of piperidine rings is 1. The van der Waals surface area contributed by atoms with Crippen LogP contribution in [-0.2, 0) is 11.3 Å². The van der Waals surface area contributed by atoms with Gasteiger partial charge in [0.2, 0.25) is 5.91 Å². The first-order valence-electron chi connectivity index (χ1n) is 12.6. The number of amides is 3. The lowest BCUT2D eigenvalue weighted by atomic mass is 10.0. The minimum Gasteiger partial charge on any atom is -0.394 e. The molecule has 200 valence electrons. The van der Waals surface area contributed by atoms with E-state index in [1.807, 2.05) is 24.3 Å². The van der Waals surface area contributed by atoms with Crippen molar-refractivity contribution >= 4 is 17.8 Å². The van der Waals surface area contributed by atoms with Crippen LogP contribution in [0.4, 0.5) is 10.6 Å². The van der Waals surface area contributed by atoms with Crippen LogP contribution >= 0.6 is 0 Å². The molecule has 1 unspecified atom stereocenters. The summed E-state index contributed by atoms with van der Waals surface area (Å²) in [4.78, 5) is 47.2. The van der Waals surface area contributed by atoms with Crippen molar-refractivity contribution in [3.8, 4) is 5.69 Å². The highest BCUT2D eigenvalue weighted by Gasteiger charge is 2.34. The van der Waals surface area contributed by atoms with Gasteiger partial charge < -0.3 is 26.4 Å². The van der Waals surface area contributed by atoms with E-state index < -0.39 is 23.9 Å². The van der Waals surface area contributed by atoms with E-state index in [2.05, 4.69) is 15.2 Å². The number of rotatable bonds is 6. The number of nitrogens with two attached hydrogens (primary N) is 2. The van der Waals surface area contributed by atoms with Crippen molar-refractivity contribution in [3.05, 3.63) is 52.6 Å². The van der Waals surface area contributed by atoms with Gasteiger partial charge in [-0.2, -0.15) is 4.98 Å². The molecular formula is C25H36N8O4. The van der Waals surface area contributed by atoms with E-state index in [0.717, 1.165) is 32.5 Å². The molecule has 0 bridgehead atoms. The number of aliphatic hydroxyl groups is 1. The van der Waals surface area contributed by atoms with Gasteiger partial charge in [-0.05, 0) is 56.6 Å². The SMILES string of the molecule is CC(N)(CO)C(=O)N1CCN(C(=O)Nc2ccn(-c3ccc(CN4CCC(N)CC4)cc3)c(=O)n2)CC1. The number of anilines is 1. The normalized spacial score (nSPS) is 18.9. The van der Waals surface area contributed by atoms with E-state index in [1.54, 1.807) is 17.2 Å². The molecule has 2 fully saturated rings. The molecule has 0 spiro atoms. The number of aliphatic hydroxyl groups excluding tert-OH is 1. The Morgan fingerprint density at radius 3 is 2.27 bits per heavy atom. The van der Waals surface area contributed by atoms with Crippen LogP contribution in [0.1, 0.15) is 25.3 Å². The Kier molecular flexibility index (Phi) is 8.22. The Morgan fingerprint density at radius 1 is 1.05 bits per heavy atom. The van der Waals surface area contributed by atoms with Gasteiger partial charge in [0, 0.05) is 45.0 Å². The lowest BCUT2D eigenvalue weighted by Gasteiger charge is -2.37. The zero-order valence-corrected chi connectivity index (χ0v) is 21.2. The van der Waals surface area contributed by atoms with Crippen molar-refractivity contribution in [2.24, 2.45) is 11.5 Å². The fourth-order valence-electron chi connectivity index (χ4n) is 4.53. The van der Waals surface area contributed by atoms with Crippen LogP contribution in [0.3, 0.4) is 0 Å². The molecule has 2 aliphatic rings. The van der Waals surface area contributed by atoms with Crippen molar-refractivity contribution in [2.75, 3.05) is 51.2 Å². The molecule has 1 aromatic carbocycles. The molecule has 37 heavy (non-hydrogen) atoms. The molecule has 1 aromatic heterocycles. The monoisotopic (exact) mass is 512 g/mol. The summed E-state index contributed by atoms with van der Waals surface area (Å²) in [5.41, 5.74) is 11.8. The van der Waals surface area contributed by atoms with Gasteiger partial charge in [0.25, 0.3) is 0 Å². The first-order valence-corrected chi connectivity index (χ1v) is 12.6. The summed E-state index contributed by atoms with van der Waals surface area (Å²) in [6, 6.07) is 9.25. The van der Waals surface area contributed by atoms with Crippen LogP contribution in [0.5, 0.6) is 0 Å². The van der Waals surface area contributed by atoms with E-state index in [0.29, 0.717) is 37.9 Å². The highest BCUT2D eigenvalue weighted by atomic mass is 16.3. The number of aromatic nitrogens is 2. The minimum absolute atomic E-state index is 0.152. The lowest BCUT2D eigenvalue weighted by Crippen LogP contribution is -2.60. The molecular weight excluding hydrogens is 476 g/mol.